The summed E-state index contributed by atoms with van der Waals surface area (Å²) in [6.45, 7) is 4.77. The smallest absolute Gasteiger partial charge is 0.238 e. The Morgan fingerprint density at radius 1 is 0.485 bits per heavy atom. The number of sulfonamides is 2. The maximum Gasteiger partial charge on any atom is 0.238 e. The molecule has 18 heteroatoms. The molecule has 12 N–H and O–H groups in total. The lowest BCUT2D eigenvalue weighted by atomic mass is 10.1. The van der Waals surface area contributed by atoms with E-state index in [0.29, 0.717) is 48.6 Å². The number of hydrogen-bond donors (Lipinski definition) is 10. The fourth-order valence-corrected chi connectivity index (χ4v) is 8.42. The van der Waals surface area contributed by atoms with Crippen molar-refractivity contribution < 1.29 is 56.9 Å². The van der Waals surface area contributed by atoms with Crippen LogP contribution in [0.3, 0.4) is 0 Å². The molecule has 16 nitrogen and oxygen atoms in total. The highest BCUT2D eigenvalue weighted by Crippen LogP contribution is 2.24. The normalized spacial score (nSPS) is 12.7. The molecular weight excluding hydrogens is 913 g/mol. The molecule has 0 spiro atoms. The third kappa shape index (κ3) is 24.0. The third-order valence-electron chi connectivity index (χ3n) is 11.2. The largest absolute Gasteiger partial charge is 0.508 e. The van der Waals surface area contributed by atoms with Gasteiger partial charge in [0, 0.05) is 50.6 Å². The number of hydrogen-bond acceptors (Lipinski definition) is 14. The predicted octanol–water partition coefficient (Wildman–Crippen LogP) is 5.51. The van der Waals surface area contributed by atoms with Crippen LogP contribution in [0.15, 0.2) is 94.7 Å². The Hall–Kier alpha value is -4.02. The van der Waals surface area contributed by atoms with Gasteiger partial charge in [-0.2, -0.15) is 0 Å². The monoisotopic (exact) mass is 988 g/mol. The lowest BCUT2D eigenvalue weighted by Gasteiger charge is -2.14. The second kappa shape index (κ2) is 32.7. The standard InChI is InChI=1S/2C25H38N2O6S/c26-34(31,32)23-10-7-9-20(16-23)8-3-6-15-33-14-5-2-1-4-13-27-18-25(30)21-11-12-24(29)22(17-21)19-28;26-34(31,32)23-10-6-8-20(16-23)9-7-15-33-14-5-3-1-2-4-13-27-18-25(30)21-11-12-24(29)22(17-21)19-28/h7,9-12,16-17,25,27-30H,1-6,8,13-15,18-19H2,(H2,26,31,32);6,8,10-12,16-17,25,27-30H,1-5,7,9,13-15,18-19H2,(H2,26,31,32)/t2*25-/m00/s1. The molecule has 0 saturated heterocycles. The summed E-state index contributed by atoms with van der Waals surface area (Å²) in [5, 5.41) is 74.9. The Kier molecular flexibility index (Phi) is 28.1. The van der Waals surface area contributed by atoms with Crippen molar-refractivity contribution in [3.05, 3.63) is 118 Å². The highest BCUT2D eigenvalue weighted by Gasteiger charge is 2.12. The van der Waals surface area contributed by atoms with E-state index in [2.05, 4.69) is 10.6 Å². The average molecular weight is 989 g/mol. The maximum atomic E-state index is 11.4. The van der Waals surface area contributed by atoms with Crippen LogP contribution in [0, 0.1) is 0 Å². The third-order valence-corrected chi connectivity index (χ3v) is 13.1. The van der Waals surface area contributed by atoms with Gasteiger partial charge in [0.05, 0.1) is 35.2 Å². The van der Waals surface area contributed by atoms with Gasteiger partial charge >= 0.3 is 0 Å². The fraction of sp³-hybridized carbons (Fsp3) is 0.520. The van der Waals surface area contributed by atoms with E-state index in [1.807, 2.05) is 12.1 Å². The maximum absolute atomic E-state index is 11.4. The number of aliphatic hydroxyl groups is 4. The second-order valence-electron chi connectivity index (χ2n) is 16.9. The number of aliphatic hydroxyl groups excluding tert-OH is 4. The number of benzene rings is 4. The van der Waals surface area contributed by atoms with Crippen molar-refractivity contribution in [3.63, 3.8) is 0 Å². The van der Waals surface area contributed by atoms with E-state index < -0.39 is 32.3 Å². The fourth-order valence-electron chi connectivity index (χ4n) is 7.26. The van der Waals surface area contributed by atoms with Gasteiger partial charge in [0.2, 0.25) is 20.0 Å². The van der Waals surface area contributed by atoms with Crippen LogP contribution in [-0.4, -0.2) is 100 Å². The summed E-state index contributed by atoms with van der Waals surface area (Å²) < 4.78 is 57.0. The minimum absolute atomic E-state index is 0.0310. The molecule has 0 aliphatic rings. The van der Waals surface area contributed by atoms with E-state index in [1.54, 1.807) is 48.5 Å². The molecule has 0 aliphatic carbocycles. The van der Waals surface area contributed by atoms with Gasteiger partial charge in [-0.3, -0.25) is 0 Å². The Morgan fingerprint density at radius 2 is 0.868 bits per heavy atom. The molecule has 4 aromatic carbocycles. The van der Waals surface area contributed by atoms with Crippen LogP contribution in [0.25, 0.3) is 0 Å². The molecule has 0 radical (unpaired) electrons. The molecule has 0 unspecified atom stereocenters. The molecule has 380 valence electrons. The zero-order valence-electron chi connectivity index (χ0n) is 39.3. The van der Waals surface area contributed by atoms with E-state index in [9.17, 15) is 47.5 Å². The molecule has 4 aromatic rings. The van der Waals surface area contributed by atoms with Crippen LogP contribution in [0.4, 0.5) is 0 Å². The lowest BCUT2D eigenvalue weighted by molar-refractivity contribution is 0.126. The van der Waals surface area contributed by atoms with E-state index in [0.717, 1.165) is 127 Å². The summed E-state index contributed by atoms with van der Waals surface area (Å²) in [7, 11) is -7.32. The van der Waals surface area contributed by atoms with E-state index in [4.69, 9.17) is 19.8 Å². The summed E-state index contributed by atoms with van der Waals surface area (Å²) >= 11 is 0. The molecule has 4 rings (SSSR count). The number of rotatable bonds is 34. The van der Waals surface area contributed by atoms with Gasteiger partial charge in [0.25, 0.3) is 0 Å². The van der Waals surface area contributed by atoms with Crippen LogP contribution in [0.2, 0.25) is 0 Å². The minimum atomic E-state index is -3.66. The number of ether oxygens (including phenoxy) is 2. The van der Waals surface area contributed by atoms with Crippen LogP contribution >= 0.6 is 0 Å². The van der Waals surface area contributed by atoms with Gasteiger partial charge in [0.1, 0.15) is 11.5 Å². The SMILES string of the molecule is NS(=O)(=O)c1cccc(CCCCOCCCCCCNC[C@H](O)c2ccc(O)c(CO)c2)c1.NS(=O)(=O)c1cccc(CCCOCCCCCCCNC[C@H](O)c2ccc(O)c(CO)c2)c1. The number of unbranched alkanes of at least 4 members (excludes halogenated alkanes) is 8. The van der Waals surface area contributed by atoms with Crippen molar-refractivity contribution in [1.82, 2.24) is 10.6 Å². The molecule has 0 saturated carbocycles. The quantitative estimate of drug-likeness (QED) is 0.0259. The minimum Gasteiger partial charge on any atom is -0.508 e. The summed E-state index contributed by atoms with van der Waals surface area (Å²) in [6.07, 6.45) is 12.5. The van der Waals surface area contributed by atoms with Crippen LogP contribution < -0.4 is 20.9 Å². The summed E-state index contributed by atoms with van der Waals surface area (Å²) in [6, 6.07) is 23.0. The van der Waals surface area contributed by atoms with Gasteiger partial charge in [-0.25, -0.2) is 27.1 Å². The number of primary sulfonamides is 2. The van der Waals surface area contributed by atoms with Crippen LogP contribution in [0.5, 0.6) is 11.5 Å². The zero-order valence-corrected chi connectivity index (χ0v) is 40.9. The van der Waals surface area contributed by atoms with Crippen molar-refractivity contribution in [2.45, 2.75) is 125 Å². The van der Waals surface area contributed by atoms with Gasteiger partial charge in [0.15, 0.2) is 0 Å². The van der Waals surface area contributed by atoms with Crippen molar-refractivity contribution in [2.24, 2.45) is 10.3 Å². The number of aryl methyl sites for hydroxylation is 2. The first-order valence-corrected chi connectivity index (χ1v) is 26.7. The highest BCUT2D eigenvalue weighted by atomic mass is 32.2. The van der Waals surface area contributed by atoms with Crippen molar-refractivity contribution in [3.8, 4) is 11.5 Å². The summed E-state index contributed by atoms with van der Waals surface area (Å²) in [5.41, 5.74) is 4.07. The Labute approximate surface area is 403 Å². The molecule has 0 heterocycles. The molecule has 0 amide bonds. The molecule has 0 fully saturated rings. The summed E-state index contributed by atoms with van der Waals surface area (Å²) in [5.74, 6) is 0.0634. The molecule has 0 aliphatic heterocycles. The van der Waals surface area contributed by atoms with Gasteiger partial charge in [-0.15, -0.1) is 0 Å². The van der Waals surface area contributed by atoms with Crippen LogP contribution in [-0.2, 0) is 55.6 Å². The van der Waals surface area contributed by atoms with E-state index >= 15 is 0 Å². The Bertz CT molecular complexity index is 2090. The highest BCUT2D eigenvalue weighted by molar-refractivity contribution is 7.89. The first kappa shape index (κ1) is 58.3. The number of aromatic hydroxyl groups is 2. The molecular formula is C50H76N4O12S2. The summed E-state index contributed by atoms with van der Waals surface area (Å²) in [4.78, 5) is 0.299. The second-order valence-corrected chi connectivity index (χ2v) is 20.0. The predicted molar refractivity (Wildman–Crippen MR) is 264 cm³/mol. The number of nitrogens with two attached hydrogens (primary N) is 2. The van der Waals surface area contributed by atoms with Gasteiger partial charge in [-0.1, -0.05) is 68.5 Å². The molecule has 2 atom stereocenters. The van der Waals surface area contributed by atoms with Crippen molar-refractivity contribution in [1.29, 1.82) is 0 Å². The molecule has 0 aromatic heterocycles. The van der Waals surface area contributed by atoms with Crippen molar-refractivity contribution in [2.75, 3.05) is 52.6 Å². The first-order chi connectivity index (χ1) is 32.6. The van der Waals surface area contributed by atoms with Gasteiger partial charge < -0.3 is 50.7 Å². The van der Waals surface area contributed by atoms with Crippen LogP contribution in [0.1, 0.15) is 123 Å². The Morgan fingerprint density at radius 3 is 1.29 bits per heavy atom. The molecule has 0 bridgehead atoms. The first-order valence-electron chi connectivity index (χ1n) is 23.6. The average Bonchev–Trinajstić information content (AvgIpc) is 3.32. The van der Waals surface area contributed by atoms with E-state index in [1.165, 1.54) is 24.3 Å². The number of nitrogens with one attached hydrogen (secondary N) is 2. The number of phenols is 2. The Balaban J connectivity index is 0.000000360. The van der Waals surface area contributed by atoms with E-state index in [-0.39, 0.29) is 34.5 Å². The topological polar surface area (TPSA) is 284 Å². The lowest BCUT2D eigenvalue weighted by Crippen LogP contribution is -2.22. The van der Waals surface area contributed by atoms with Crippen molar-refractivity contribution >= 4 is 20.0 Å². The zero-order chi connectivity index (χ0) is 49.6. The van der Waals surface area contributed by atoms with Gasteiger partial charge in [-0.05, 0) is 142 Å². The molecule has 68 heavy (non-hydrogen) atoms.